The van der Waals surface area contributed by atoms with Crippen LogP contribution in [0.3, 0.4) is 0 Å². The molecule has 0 fully saturated rings. The molecule has 0 unspecified atom stereocenters. The lowest BCUT2D eigenvalue weighted by molar-refractivity contribution is -0.535. The minimum absolute atomic E-state index is 0.319. The van der Waals surface area contributed by atoms with Crippen molar-refractivity contribution in [2.45, 2.75) is 77.4 Å². The molecule has 0 amide bonds. The zero-order valence-corrected chi connectivity index (χ0v) is 10.5. The summed E-state index contributed by atoms with van der Waals surface area (Å²) in [6.07, 6.45) is 6.47. The summed E-state index contributed by atoms with van der Waals surface area (Å²) in [7, 11) is 0. The second-order valence-electron chi connectivity index (χ2n) is 4.41. The molecule has 0 saturated carbocycles. The van der Waals surface area contributed by atoms with Gasteiger partial charge in [-0.3, -0.25) is 10.1 Å². The zero-order valence-electron chi connectivity index (χ0n) is 10.5. The average Bonchev–Trinajstić information content (AvgIpc) is 2.23. The molecule has 4 nitrogen and oxygen atoms in total. The Morgan fingerprint density at radius 1 is 1.06 bits per heavy atom. The Morgan fingerprint density at radius 3 is 2.19 bits per heavy atom. The first-order valence-corrected chi connectivity index (χ1v) is 6.45. The van der Waals surface area contributed by atoms with E-state index in [1.807, 2.05) is 6.92 Å². The van der Waals surface area contributed by atoms with Gasteiger partial charge in [-0.25, -0.2) is 0 Å². The average molecular weight is 231 g/mol. The van der Waals surface area contributed by atoms with E-state index in [1.165, 1.54) is 12.8 Å². The molecular formula is C12H25NO3. The Hall–Kier alpha value is -0.640. The van der Waals surface area contributed by atoms with Crippen LogP contribution in [0.25, 0.3) is 0 Å². The van der Waals surface area contributed by atoms with Gasteiger partial charge in [0.1, 0.15) is 6.10 Å². The van der Waals surface area contributed by atoms with Gasteiger partial charge in [0.2, 0.25) is 6.04 Å². The molecule has 0 aliphatic rings. The number of aliphatic hydroxyl groups is 1. The Bertz CT molecular complexity index is 185. The summed E-state index contributed by atoms with van der Waals surface area (Å²) in [4.78, 5) is 10.5. The predicted molar refractivity (Wildman–Crippen MR) is 65.1 cm³/mol. The number of hydrogen-bond donors (Lipinski definition) is 1. The van der Waals surface area contributed by atoms with Crippen molar-refractivity contribution in [2.24, 2.45) is 0 Å². The highest BCUT2D eigenvalue weighted by Gasteiger charge is 2.28. The van der Waals surface area contributed by atoms with E-state index in [0.29, 0.717) is 12.8 Å². The smallest absolute Gasteiger partial charge is 0.238 e. The number of aliphatic hydroxyl groups excluding tert-OH is 1. The van der Waals surface area contributed by atoms with Gasteiger partial charge in [-0.1, -0.05) is 46.0 Å². The van der Waals surface area contributed by atoms with Gasteiger partial charge in [0.15, 0.2) is 0 Å². The standard InChI is InChI=1S/C12H25NO3/c1-3-5-6-7-8-10-11(13(15)16)12(14)9-4-2/h11-12,14H,3-10H2,1-2H3/t11-,12-/m1/s1. The molecular weight excluding hydrogens is 206 g/mol. The highest BCUT2D eigenvalue weighted by Crippen LogP contribution is 2.14. The van der Waals surface area contributed by atoms with Gasteiger partial charge in [-0.05, 0) is 12.8 Å². The maximum absolute atomic E-state index is 10.8. The SMILES string of the molecule is CCCCCCC[C@H]([C@H](O)CCC)[N+](=O)[O-]. The first kappa shape index (κ1) is 15.4. The summed E-state index contributed by atoms with van der Waals surface area (Å²) in [5, 5.41) is 20.4. The molecule has 0 rings (SSSR count). The van der Waals surface area contributed by atoms with Crippen molar-refractivity contribution < 1.29 is 10.0 Å². The van der Waals surface area contributed by atoms with Crippen LogP contribution in [0.15, 0.2) is 0 Å². The summed E-state index contributed by atoms with van der Waals surface area (Å²) in [6.45, 7) is 4.08. The van der Waals surface area contributed by atoms with E-state index in [4.69, 9.17) is 0 Å². The summed E-state index contributed by atoms with van der Waals surface area (Å²) in [6, 6.07) is -0.762. The van der Waals surface area contributed by atoms with Crippen LogP contribution in [0.4, 0.5) is 0 Å². The second kappa shape index (κ2) is 9.58. The maximum Gasteiger partial charge on any atom is 0.238 e. The minimum atomic E-state index is -0.772. The minimum Gasteiger partial charge on any atom is -0.386 e. The number of nitrogens with zero attached hydrogens (tertiary/aromatic N) is 1. The summed E-state index contributed by atoms with van der Waals surface area (Å²) < 4.78 is 0. The monoisotopic (exact) mass is 231 g/mol. The quantitative estimate of drug-likeness (QED) is 0.357. The number of unbranched alkanes of at least 4 members (excludes halogenated alkanes) is 4. The first-order chi connectivity index (χ1) is 7.63. The van der Waals surface area contributed by atoms with Crippen LogP contribution >= 0.6 is 0 Å². The van der Waals surface area contributed by atoms with Crippen LogP contribution in [0.2, 0.25) is 0 Å². The van der Waals surface area contributed by atoms with E-state index in [9.17, 15) is 15.2 Å². The van der Waals surface area contributed by atoms with Crippen LogP contribution in [0, 0.1) is 10.1 Å². The number of rotatable bonds is 10. The summed E-state index contributed by atoms with van der Waals surface area (Å²) >= 11 is 0. The summed E-state index contributed by atoms with van der Waals surface area (Å²) in [5.74, 6) is 0. The van der Waals surface area contributed by atoms with Gasteiger partial charge in [0.05, 0.1) is 0 Å². The van der Waals surface area contributed by atoms with E-state index in [1.54, 1.807) is 0 Å². The lowest BCUT2D eigenvalue weighted by atomic mass is 10.00. The fourth-order valence-corrected chi connectivity index (χ4v) is 1.88. The third kappa shape index (κ3) is 6.77. The molecule has 0 radical (unpaired) electrons. The molecule has 96 valence electrons. The van der Waals surface area contributed by atoms with Crippen LogP contribution in [-0.2, 0) is 0 Å². The lowest BCUT2D eigenvalue weighted by Gasteiger charge is -2.15. The topological polar surface area (TPSA) is 63.4 Å². The van der Waals surface area contributed by atoms with Crippen molar-refractivity contribution in [3.63, 3.8) is 0 Å². The zero-order chi connectivity index (χ0) is 12.4. The molecule has 0 aliphatic carbocycles. The molecule has 1 N–H and O–H groups in total. The molecule has 0 aliphatic heterocycles. The first-order valence-electron chi connectivity index (χ1n) is 6.45. The number of hydrogen-bond acceptors (Lipinski definition) is 3. The Morgan fingerprint density at radius 2 is 1.69 bits per heavy atom. The lowest BCUT2D eigenvalue weighted by Crippen LogP contribution is -2.33. The van der Waals surface area contributed by atoms with E-state index >= 15 is 0 Å². The Labute approximate surface area is 98.2 Å². The van der Waals surface area contributed by atoms with Crippen molar-refractivity contribution in [1.29, 1.82) is 0 Å². The molecule has 0 saturated heterocycles. The van der Waals surface area contributed by atoms with Crippen LogP contribution in [0.1, 0.15) is 65.2 Å². The van der Waals surface area contributed by atoms with Crippen LogP contribution in [-0.4, -0.2) is 22.2 Å². The second-order valence-corrected chi connectivity index (χ2v) is 4.41. The van der Waals surface area contributed by atoms with Gasteiger partial charge >= 0.3 is 0 Å². The van der Waals surface area contributed by atoms with Crippen molar-refractivity contribution in [2.75, 3.05) is 0 Å². The van der Waals surface area contributed by atoms with Crippen LogP contribution in [0.5, 0.6) is 0 Å². The van der Waals surface area contributed by atoms with Crippen LogP contribution < -0.4 is 0 Å². The Balaban J connectivity index is 3.81. The highest BCUT2D eigenvalue weighted by atomic mass is 16.6. The van der Waals surface area contributed by atoms with Gasteiger partial charge < -0.3 is 5.11 Å². The van der Waals surface area contributed by atoms with Gasteiger partial charge in [-0.2, -0.15) is 0 Å². The largest absolute Gasteiger partial charge is 0.386 e. The molecule has 16 heavy (non-hydrogen) atoms. The summed E-state index contributed by atoms with van der Waals surface area (Å²) in [5.41, 5.74) is 0. The molecule has 0 aromatic rings. The third-order valence-corrected chi connectivity index (χ3v) is 2.90. The molecule has 2 atom stereocenters. The van der Waals surface area contributed by atoms with Gasteiger partial charge in [0, 0.05) is 11.3 Å². The molecule has 4 heteroatoms. The van der Waals surface area contributed by atoms with Gasteiger partial charge in [0.25, 0.3) is 0 Å². The predicted octanol–water partition coefficient (Wildman–Crippen LogP) is 3.15. The fraction of sp³-hybridized carbons (Fsp3) is 1.00. The third-order valence-electron chi connectivity index (χ3n) is 2.90. The Kier molecular flexibility index (Phi) is 9.19. The molecule has 0 bridgehead atoms. The maximum atomic E-state index is 10.8. The van der Waals surface area contributed by atoms with Crippen molar-refractivity contribution >= 4 is 0 Å². The normalized spacial score (nSPS) is 14.7. The fourth-order valence-electron chi connectivity index (χ4n) is 1.88. The van der Waals surface area contributed by atoms with E-state index < -0.39 is 12.1 Å². The molecule has 0 heterocycles. The molecule has 0 aromatic heterocycles. The van der Waals surface area contributed by atoms with Crippen molar-refractivity contribution in [3.8, 4) is 0 Å². The van der Waals surface area contributed by atoms with E-state index in [-0.39, 0.29) is 4.92 Å². The highest BCUT2D eigenvalue weighted by molar-refractivity contribution is 4.67. The van der Waals surface area contributed by atoms with Crippen molar-refractivity contribution in [3.05, 3.63) is 10.1 Å². The van der Waals surface area contributed by atoms with E-state index in [0.717, 1.165) is 25.7 Å². The molecule has 0 spiro atoms. The van der Waals surface area contributed by atoms with Gasteiger partial charge in [-0.15, -0.1) is 0 Å². The number of nitro groups is 1. The molecule has 0 aromatic carbocycles. The van der Waals surface area contributed by atoms with E-state index in [2.05, 4.69) is 6.92 Å². The van der Waals surface area contributed by atoms with Crippen molar-refractivity contribution in [1.82, 2.24) is 0 Å².